The van der Waals surface area contributed by atoms with Crippen LogP contribution in [0.25, 0.3) is 0 Å². The summed E-state index contributed by atoms with van der Waals surface area (Å²) in [5, 5.41) is 25.4. The maximum Gasteiger partial charge on any atom is 0.270 e. The van der Waals surface area contributed by atoms with Crippen LogP contribution in [0.3, 0.4) is 0 Å². The molecule has 0 bridgehead atoms. The number of anilines is 3. The molecule has 1 amide bonds. The van der Waals surface area contributed by atoms with E-state index in [0.717, 1.165) is 11.3 Å². The molecule has 0 aliphatic carbocycles. The number of nitrogens with zero attached hydrogens (tertiary/aromatic N) is 3. The van der Waals surface area contributed by atoms with Crippen LogP contribution in [0, 0.1) is 17.0 Å². The van der Waals surface area contributed by atoms with Crippen molar-refractivity contribution in [3.63, 3.8) is 0 Å². The lowest BCUT2D eigenvalue weighted by Gasteiger charge is -2.06. The lowest BCUT2D eigenvalue weighted by Crippen LogP contribution is -2.14. The van der Waals surface area contributed by atoms with Gasteiger partial charge in [-0.05, 0) is 46.6 Å². The van der Waals surface area contributed by atoms with Crippen LogP contribution in [0.1, 0.15) is 5.56 Å². The Morgan fingerprint density at radius 1 is 1.29 bits per heavy atom. The van der Waals surface area contributed by atoms with Crippen molar-refractivity contribution in [2.24, 2.45) is 0 Å². The summed E-state index contributed by atoms with van der Waals surface area (Å²) in [6, 6.07) is 12.1. The smallest absolute Gasteiger partial charge is 0.270 e. The summed E-state index contributed by atoms with van der Waals surface area (Å²) in [6.45, 7) is 2.01. The number of hydrogen-bond acceptors (Lipinski definition) is 8. The van der Waals surface area contributed by atoms with Gasteiger partial charge in [-0.15, -0.1) is 10.2 Å². The number of aryl methyl sites for hydroxylation is 1. The van der Waals surface area contributed by atoms with Crippen molar-refractivity contribution in [3.8, 4) is 0 Å². The Bertz CT molecular complexity index is 1030. The Kier molecular flexibility index (Phi) is 6.60. The maximum atomic E-state index is 12.1. The topological polar surface area (TPSA) is 110 Å². The van der Waals surface area contributed by atoms with E-state index in [-0.39, 0.29) is 17.3 Å². The zero-order chi connectivity index (χ0) is 20.1. The van der Waals surface area contributed by atoms with Crippen molar-refractivity contribution in [2.75, 3.05) is 16.4 Å². The van der Waals surface area contributed by atoms with E-state index in [9.17, 15) is 14.9 Å². The maximum absolute atomic E-state index is 12.1. The van der Waals surface area contributed by atoms with Gasteiger partial charge in [0.05, 0.1) is 16.4 Å². The van der Waals surface area contributed by atoms with Gasteiger partial charge in [-0.1, -0.05) is 35.2 Å². The molecule has 144 valence electrons. The second-order valence-corrected chi connectivity index (χ2v) is 8.68. The van der Waals surface area contributed by atoms with Crippen LogP contribution in [-0.4, -0.2) is 26.8 Å². The standard InChI is InChI=1S/C17H14BrN5O3S2/c1-10-3-2-4-11(7-10)19-16-21-22-17(28-16)27-9-15(24)20-14-6-5-12(23(25)26)8-13(14)18/h2-8H,9H2,1H3,(H,19,21)(H,20,24). The lowest BCUT2D eigenvalue weighted by molar-refractivity contribution is -0.384. The number of thioether (sulfide) groups is 1. The fourth-order valence-corrected chi connectivity index (χ4v) is 4.24. The highest BCUT2D eigenvalue weighted by Gasteiger charge is 2.13. The molecule has 2 N–H and O–H groups in total. The average Bonchev–Trinajstić information content (AvgIpc) is 3.09. The van der Waals surface area contributed by atoms with Crippen molar-refractivity contribution in [3.05, 3.63) is 62.6 Å². The number of amides is 1. The zero-order valence-corrected chi connectivity index (χ0v) is 17.7. The number of aromatic nitrogens is 2. The number of halogens is 1. The van der Waals surface area contributed by atoms with E-state index in [2.05, 4.69) is 36.8 Å². The minimum Gasteiger partial charge on any atom is -0.330 e. The quantitative estimate of drug-likeness (QED) is 0.278. The Morgan fingerprint density at radius 2 is 2.11 bits per heavy atom. The summed E-state index contributed by atoms with van der Waals surface area (Å²) in [7, 11) is 0. The van der Waals surface area contributed by atoms with Gasteiger partial charge >= 0.3 is 0 Å². The molecular formula is C17H14BrN5O3S2. The average molecular weight is 480 g/mol. The Labute approximate surface area is 177 Å². The number of carbonyl (C=O) groups excluding carboxylic acids is 1. The number of nitro benzene ring substituents is 1. The van der Waals surface area contributed by atoms with E-state index in [1.54, 1.807) is 0 Å². The van der Waals surface area contributed by atoms with E-state index in [4.69, 9.17) is 0 Å². The molecule has 1 aromatic heterocycles. The van der Waals surface area contributed by atoms with Gasteiger partial charge in [0, 0.05) is 22.3 Å². The number of benzene rings is 2. The molecule has 0 saturated heterocycles. The van der Waals surface area contributed by atoms with Crippen LogP contribution in [0.15, 0.2) is 51.3 Å². The number of carbonyl (C=O) groups is 1. The molecule has 2 aromatic carbocycles. The van der Waals surface area contributed by atoms with Gasteiger partial charge in [0.25, 0.3) is 5.69 Å². The molecule has 0 fully saturated rings. The summed E-state index contributed by atoms with van der Waals surface area (Å²) >= 11 is 5.85. The molecule has 11 heteroatoms. The first kappa shape index (κ1) is 20.2. The first-order valence-corrected chi connectivity index (χ1v) is 10.5. The predicted octanol–water partition coefficient (Wildman–Crippen LogP) is 4.99. The number of non-ortho nitro benzene ring substituents is 1. The molecule has 0 saturated carbocycles. The molecule has 28 heavy (non-hydrogen) atoms. The molecule has 0 aliphatic rings. The van der Waals surface area contributed by atoms with Crippen LogP contribution >= 0.6 is 39.0 Å². The Morgan fingerprint density at radius 3 is 2.82 bits per heavy atom. The molecule has 1 heterocycles. The summed E-state index contributed by atoms with van der Waals surface area (Å²) in [6.07, 6.45) is 0. The molecule has 0 aliphatic heterocycles. The first-order chi connectivity index (χ1) is 13.4. The van der Waals surface area contributed by atoms with Crippen LogP contribution in [0.5, 0.6) is 0 Å². The molecule has 8 nitrogen and oxygen atoms in total. The minimum absolute atomic E-state index is 0.0539. The highest BCUT2D eigenvalue weighted by Crippen LogP contribution is 2.29. The van der Waals surface area contributed by atoms with E-state index < -0.39 is 4.92 Å². The number of rotatable bonds is 7. The predicted molar refractivity (Wildman–Crippen MR) is 115 cm³/mol. The van der Waals surface area contributed by atoms with E-state index >= 15 is 0 Å². The summed E-state index contributed by atoms with van der Waals surface area (Å²) < 4.78 is 1.11. The molecule has 3 aromatic rings. The van der Waals surface area contributed by atoms with Crippen molar-refractivity contribution >= 4 is 67.1 Å². The van der Waals surface area contributed by atoms with Crippen LogP contribution in [0.4, 0.5) is 22.2 Å². The van der Waals surface area contributed by atoms with Gasteiger partial charge < -0.3 is 10.6 Å². The third-order valence-corrected chi connectivity index (χ3v) is 6.07. The molecular weight excluding hydrogens is 466 g/mol. The highest BCUT2D eigenvalue weighted by molar-refractivity contribution is 9.10. The van der Waals surface area contributed by atoms with Gasteiger partial charge in [0.15, 0.2) is 4.34 Å². The SMILES string of the molecule is Cc1cccc(Nc2nnc(SCC(=O)Nc3ccc([N+](=O)[O-])cc3Br)s2)c1. The second-order valence-electron chi connectivity index (χ2n) is 5.63. The molecule has 3 rings (SSSR count). The first-order valence-electron chi connectivity index (χ1n) is 7.94. The van der Waals surface area contributed by atoms with Crippen molar-refractivity contribution in [2.45, 2.75) is 11.3 Å². The van der Waals surface area contributed by atoms with Crippen LogP contribution < -0.4 is 10.6 Å². The van der Waals surface area contributed by atoms with Gasteiger partial charge in [-0.2, -0.15) is 0 Å². The fraction of sp³-hybridized carbons (Fsp3) is 0.118. The Hall–Kier alpha value is -2.50. The zero-order valence-electron chi connectivity index (χ0n) is 14.5. The molecule has 0 atom stereocenters. The monoisotopic (exact) mass is 479 g/mol. The Balaban J connectivity index is 1.54. The van der Waals surface area contributed by atoms with Crippen LogP contribution in [0.2, 0.25) is 0 Å². The molecule has 0 spiro atoms. The highest BCUT2D eigenvalue weighted by atomic mass is 79.9. The molecule has 0 radical (unpaired) electrons. The van der Waals surface area contributed by atoms with Gasteiger partial charge in [0.2, 0.25) is 11.0 Å². The van der Waals surface area contributed by atoms with Crippen molar-refractivity contribution < 1.29 is 9.72 Å². The lowest BCUT2D eigenvalue weighted by atomic mass is 10.2. The van der Waals surface area contributed by atoms with Crippen LogP contribution in [-0.2, 0) is 4.79 Å². The number of hydrogen-bond donors (Lipinski definition) is 2. The van der Waals surface area contributed by atoms with E-state index in [1.807, 2.05) is 31.2 Å². The summed E-state index contributed by atoms with van der Waals surface area (Å²) in [5.74, 6) is -0.106. The van der Waals surface area contributed by atoms with Crippen molar-refractivity contribution in [1.29, 1.82) is 0 Å². The largest absolute Gasteiger partial charge is 0.330 e. The second kappa shape index (κ2) is 9.13. The third kappa shape index (κ3) is 5.50. The molecule has 0 unspecified atom stereocenters. The fourth-order valence-electron chi connectivity index (χ4n) is 2.20. The normalized spacial score (nSPS) is 10.5. The van der Waals surface area contributed by atoms with Crippen molar-refractivity contribution in [1.82, 2.24) is 10.2 Å². The summed E-state index contributed by atoms with van der Waals surface area (Å²) in [4.78, 5) is 22.4. The van der Waals surface area contributed by atoms with Gasteiger partial charge in [-0.25, -0.2) is 0 Å². The van der Waals surface area contributed by atoms with Gasteiger partial charge in [0.1, 0.15) is 0 Å². The minimum atomic E-state index is -0.496. The van der Waals surface area contributed by atoms with E-state index in [1.165, 1.54) is 41.3 Å². The third-order valence-electron chi connectivity index (χ3n) is 3.44. The number of nitrogens with one attached hydrogen (secondary N) is 2. The number of nitro groups is 1. The van der Waals surface area contributed by atoms with Gasteiger partial charge in [-0.3, -0.25) is 14.9 Å². The van der Waals surface area contributed by atoms with E-state index in [0.29, 0.717) is 19.6 Å². The summed E-state index contributed by atoms with van der Waals surface area (Å²) in [5.41, 5.74) is 2.48.